The zero-order valence-corrected chi connectivity index (χ0v) is 21.4. The highest BCUT2D eigenvalue weighted by molar-refractivity contribution is 5.78. The van der Waals surface area contributed by atoms with Gasteiger partial charge in [-0.3, -0.25) is 9.36 Å². The molecule has 0 aromatic carbocycles. The van der Waals surface area contributed by atoms with Crippen molar-refractivity contribution in [2.45, 2.75) is 89.7 Å². The lowest BCUT2D eigenvalue weighted by molar-refractivity contribution is -0.190. The van der Waals surface area contributed by atoms with Crippen molar-refractivity contribution in [1.29, 1.82) is 0 Å². The Morgan fingerprint density at radius 1 is 0.972 bits per heavy atom. The maximum Gasteiger partial charge on any atom is 0.169 e. The summed E-state index contributed by atoms with van der Waals surface area (Å²) in [6.07, 6.45) is 19.4. The molecule has 1 unspecified atom stereocenters. The third-order valence-corrected chi connectivity index (χ3v) is 7.93. The second kappa shape index (κ2) is 9.44. The van der Waals surface area contributed by atoms with Crippen LogP contribution in [0.5, 0.6) is 0 Å². The summed E-state index contributed by atoms with van der Waals surface area (Å²) < 4.78 is 18.5. The molecule has 36 heavy (non-hydrogen) atoms. The molecular formula is C27H35N7O2. The smallest absolute Gasteiger partial charge is 0.169 e. The third-order valence-electron chi connectivity index (χ3n) is 7.93. The Labute approximate surface area is 211 Å². The van der Waals surface area contributed by atoms with Gasteiger partial charge in [0.1, 0.15) is 6.10 Å². The number of hydrogen-bond acceptors (Lipinski definition) is 6. The molecule has 6 rings (SSSR count). The second-order valence-corrected chi connectivity index (χ2v) is 10.2. The number of aromatic nitrogens is 7. The van der Waals surface area contributed by atoms with Crippen molar-refractivity contribution in [3.63, 3.8) is 0 Å². The normalized spacial score (nSPS) is 20.6. The van der Waals surface area contributed by atoms with Gasteiger partial charge in [-0.05, 0) is 38.7 Å². The highest BCUT2D eigenvalue weighted by Crippen LogP contribution is 2.40. The predicted octanol–water partition coefficient (Wildman–Crippen LogP) is 5.45. The second-order valence-electron chi connectivity index (χ2n) is 10.2. The average Bonchev–Trinajstić information content (AvgIpc) is 3.71. The van der Waals surface area contributed by atoms with Gasteiger partial charge in [-0.1, -0.05) is 20.3 Å². The van der Waals surface area contributed by atoms with Gasteiger partial charge >= 0.3 is 0 Å². The van der Waals surface area contributed by atoms with Crippen LogP contribution >= 0.6 is 0 Å². The topological polar surface area (TPSA) is 84.3 Å². The molecular weight excluding hydrogens is 454 g/mol. The predicted molar refractivity (Wildman–Crippen MR) is 136 cm³/mol. The van der Waals surface area contributed by atoms with Crippen molar-refractivity contribution in [3.05, 3.63) is 43.2 Å². The van der Waals surface area contributed by atoms with E-state index in [-0.39, 0.29) is 17.9 Å². The van der Waals surface area contributed by atoms with E-state index in [9.17, 15) is 0 Å². The standard InChI is InChI=1S/C27H35N7O2/c1-4-22(5-2)33-16-21(14-30-33)26-24-9-12-28-34(24)17-23(31-26)20-13-29-32(15-20)19(3)25-18-35-27(36-25)10-7-6-8-11-27/h9,12-17,19,22,25H,4-8,10-11,18H2,1-3H3/t19?,25-/m1/s1. The summed E-state index contributed by atoms with van der Waals surface area (Å²) in [5, 5.41) is 13.8. The van der Waals surface area contributed by atoms with Gasteiger partial charge in [0.05, 0.1) is 60.4 Å². The van der Waals surface area contributed by atoms with E-state index < -0.39 is 0 Å². The molecule has 4 aromatic rings. The molecule has 2 atom stereocenters. The first-order chi connectivity index (χ1) is 17.6. The number of nitrogens with zero attached hydrogens (tertiary/aromatic N) is 7. The number of rotatable bonds is 7. The van der Waals surface area contributed by atoms with Gasteiger partial charge in [-0.25, -0.2) is 9.50 Å². The molecule has 2 aliphatic rings. The van der Waals surface area contributed by atoms with E-state index in [0.29, 0.717) is 12.6 Å². The summed E-state index contributed by atoms with van der Waals surface area (Å²) in [6.45, 7) is 7.15. The van der Waals surface area contributed by atoms with Gasteiger partial charge in [0.15, 0.2) is 5.79 Å². The molecule has 9 nitrogen and oxygen atoms in total. The van der Waals surface area contributed by atoms with Crippen molar-refractivity contribution in [1.82, 2.24) is 34.2 Å². The van der Waals surface area contributed by atoms with Gasteiger partial charge in [-0.15, -0.1) is 0 Å². The van der Waals surface area contributed by atoms with E-state index in [1.165, 1.54) is 19.3 Å². The molecule has 2 fully saturated rings. The highest BCUT2D eigenvalue weighted by Gasteiger charge is 2.44. The quantitative estimate of drug-likeness (QED) is 0.343. The summed E-state index contributed by atoms with van der Waals surface area (Å²) in [5.74, 6) is -0.381. The number of fused-ring (bicyclic) bond motifs is 1. The van der Waals surface area contributed by atoms with Crippen LogP contribution in [0.25, 0.3) is 28.0 Å². The lowest BCUT2D eigenvalue weighted by Gasteiger charge is -2.32. The van der Waals surface area contributed by atoms with Gasteiger partial charge in [0.25, 0.3) is 0 Å². The van der Waals surface area contributed by atoms with Crippen molar-refractivity contribution < 1.29 is 9.47 Å². The Morgan fingerprint density at radius 3 is 2.53 bits per heavy atom. The Hall–Kier alpha value is -3.04. The van der Waals surface area contributed by atoms with Gasteiger partial charge in [0, 0.05) is 36.4 Å². The van der Waals surface area contributed by atoms with Crippen LogP contribution in [-0.4, -0.2) is 52.7 Å². The molecule has 1 aliphatic heterocycles. The van der Waals surface area contributed by atoms with Crippen LogP contribution in [0.3, 0.4) is 0 Å². The molecule has 0 bridgehead atoms. The van der Waals surface area contributed by atoms with Crippen LogP contribution in [0.1, 0.15) is 77.8 Å². The fourth-order valence-corrected chi connectivity index (χ4v) is 5.63. The van der Waals surface area contributed by atoms with Crippen molar-refractivity contribution in [2.24, 2.45) is 0 Å². The van der Waals surface area contributed by atoms with E-state index in [4.69, 9.17) is 14.5 Å². The molecule has 0 N–H and O–H groups in total. The maximum atomic E-state index is 6.46. The van der Waals surface area contributed by atoms with E-state index in [0.717, 1.165) is 53.7 Å². The third kappa shape index (κ3) is 4.14. The Bertz CT molecular complexity index is 1330. The van der Waals surface area contributed by atoms with Gasteiger partial charge in [0.2, 0.25) is 0 Å². The van der Waals surface area contributed by atoms with Gasteiger partial charge in [-0.2, -0.15) is 15.3 Å². The van der Waals surface area contributed by atoms with E-state index >= 15 is 0 Å². The molecule has 1 spiro atoms. The minimum Gasteiger partial charge on any atom is -0.347 e. The largest absolute Gasteiger partial charge is 0.347 e. The summed E-state index contributed by atoms with van der Waals surface area (Å²) >= 11 is 0. The first-order valence-electron chi connectivity index (χ1n) is 13.3. The summed E-state index contributed by atoms with van der Waals surface area (Å²) in [5.41, 5.74) is 4.58. The van der Waals surface area contributed by atoms with Crippen molar-refractivity contribution in [2.75, 3.05) is 6.61 Å². The Morgan fingerprint density at radius 2 is 1.72 bits per heavy atom. The van der Waals surface area contributed by atoms with Crippen LogP contribution in [0.4, 0.5) is 0 Å². The zero-order valence-electron chi connectivity index (χ0n) is 21.4. The molecule has 0 radical (unpaired) electrons. The molecule has 1 saturated heterocycles. The Balaban J connectivity index is 1.28. The number of ether oxygens (including phenoxy) is 2. The number of hydrogen-bond donors (Lipinski definition) is 0. The molecule has 190 valence electrons. The van der Waals surface area contributed by atoms with Crippen LogP contribution in [-0.2, 0) is 9.47 Å². The maximum absolute atomic E-state index is 6.46. The minimum atomic E-state index is -0.381. The molecule has 0 amide bonds. The molecule has 4 aromatic heterocycles. The van der Waals surface area contributed by atoms with Crippen LogP contribution < -0.4 is 0 Å². The summed E-state index contributed by atoms with van der Waals surface area (Å²) in [4.78, 5) is 5.05. The summed E-state index contributed by atoms with van der Waals surface area (Å²) in [6, 6.07) is 2.44. The fourth-order valence-electron chi connectivity index (χ4n) is 5.63. The van der Waals surface area contributed by atoms with Crippen molar-refractivity contribution >= 4 is 5.52 Å². The lowest BCUT2D eigenvalue weighted by atomic mass is 9.94. The first-order valence-corrected chi connectivity index (χ1v) is 13.3. The van der Waals surface area contributed by atoms with E-state index in [2.05, 4.69) is 53.1 Å². The van der Waals surface area contributed by atoms with Crippen molar-refractivity contribution in [3.8, 4) is 22.5 Å². The SMILES string of the molecule is CCC(CC)n1cc(-c2nc(-c3cnn(C(C)[C@H]4COC5(CCCCC5)O4)c3)cn3nccc23)cn1. The zero-order chi connectivity index (χ0) is 24.7. The monoisotopic (exact) mass is 489 g/mol. The first kappa shape index (κ1) is 23.4. The average molecular weight is 490 g/mol. The molecule has 1 aliphatic carbocycles. The fraction of sp³-hybridized carbons (Fsp3) is 0.556. The summed E-state index contributed by atoms with van der Waals surface area (Å²) in [7, 11) is 0. The van der Waals surface area contributed by atoms with Crippen LogP contribution in [0, 0.1) is 0 Å². The minimum absolute atomic E-state index is 0.0103. The van der Waals surface area contributed by atoms with E-state index in [1.54, 1.807) is 6.20 Å². The van der Waals surface area contributed by atoms with Gasteiger partial charge < -0.3 is 9.47 Å². The lowest BCUT2D eigenvalue weighted by Crippen LogP contribution is -2.34. The molecule has 1 saturated carbocycles. The van der Waals surface area contributed by atoms with Crippen LogP contribution in [0.15, 0.2) is 43.2 Å². The van der Waals surface area contributed by atoms with E-state index in [1.807, 2.05) is 33.9 Å². The van der Waals surface area contributed by atoms with Crippen LogP contribution in [0.2, 0.25) is 0 Å². The molecule has 5 heterocycles. The highest BCUT2D eigenvalue weighted by atomic mass is 16.7. The Kier molecular flexibility index (Phi) is 6.13. The molecule has 9 heteroatoms.